The van der Waals surface area contributed by atoms with Crippen molar-refractivity contribution in [3.63, 3.8) is 0 Å². The molecule has 36 heavy (non-hydrogen) atoms. The standard InChI is InChI=1S/C28H48N2O.C3H4.C2H6/c1-7-27(16-18-29-17-15-21(2)3)30(28(31)25-13-11-23(6)12-14-25)20-24-9-8-10-26(19-24)22(4)5;1-3-2;1-2/h8-10,19,21-23,25,27,29H,7,11-18,20H2,1-6H3;1H,2H3;1-2H3. The van der Waals surface area contributed by atoms with Crippen molar-refractivity contribution >= 4 is 5.91 Å². The molecule has 1 unspecified atom stereocenters. The number of nitrogens with one attached hydrogen (secondary N) is 1. The maximum absolute atomic E-state index is 13.7. The first-order chi connectivity index (χ1) is 17.2. The Morgan fingerprint density at radius 3 is 2.19 bits per heavy atom. The van der Waals surface area contributed by atoms with Gasteiger partial charge >= 0.3 is 0 Å². The number of nitrogens with zero attached hydrogens (tertiary/aromatic N) is 1. The van der Waals surface area contributed by atoms with Crippen LogP contribution in [0.1, 0.15) is 124 Å². The van der Waals surface area contributed by atoms with Crippen LogP contribution in [0.25, 0.3) is 0 Å². The van der Waals surface area contributed by atoms with Gasteiger partial charge in [-0.2, -0.15) is 0 Å². The fourth-order valence-corrected chi connectivity index (χ4v) is 4.74. The van der Waals surface area contributed by atoms with Crippen LogP contribution in [0.4, 0.5) is 0 Å². The third-order valence-corrected chi connectivity index (χ3v) is 7.08. The molecule has 1 saturated carbocycles. The SMILES string of the molecule is C#CC.CC.CCC(CCNCCC(C)C)N(Cc1cccc(C(C)C)c1)C(=O)C1CCC(C)CC1. The van der Waals surface area contributed by atoms with Crippen molar-refractivity contribution in [1.29, 1.82) is 0 Å². The highest BCUT2D eigenvalue weighted by Crippen LogP contribution is 2.31. The summed E-state index contributed by atoms with van der Waals surface area (Å²) in [4.78, 5) is 16.0. The molecular weight excluding hydrogens is 440 g/mol. The van der Waals surface area contributed by atoms with E-state index >= 15 is 0 Å². The highest BCUT2D eigenvalue weighted by atomic mass is 16.2. The van der Waals surface area contributed by atoms with Crippen molar-refractivity contribution in [3.8, 4) is 12.3 Å². The van der Waals surface area contributed by atoms with Gasteiger partial charge in [-0.1, -0.05) is 79.7 Å². The summed E-state index contributed by atoms with van der Waals surface area (Å²) >= 11 is 0. The lowest BCUT2D eigenvalue weighted by atomic mass is 9.82. The number of benzene rings is 1. The molecule has 1 aliphatic rings. The van der Waals surface area contributed by atoms with Gasteiger partial charge in [-0.15, -0.1) is 12.3 Å². The Kier molecular flexibility index (Phi) is 19.3. The number of rotatable bonds is 12. The first-order valence-electron chi connectivity index (χ1n) is 14.7. The molecule has 0 saturated heterocycles. The lowest BCUT2D eigenvalue weighted by Gasteiger charge is -2.36. The van der Waals surface area contributed by atoms with Crippen molar-refractivity contribution in [2.24, 2.45) is 17.8 Å². The maximum Gasteiger partial charge on any atom is 0.226 e. The van der Waals surface area contributed by atoms with E-state index in [1.807, 2.05) is 13.8 Å². The minimum absolute atomic E-state index is 0.215. The summed E-state index contributed by atoms with van der Waals surface area (Å²) in [5, 5.41) is 3.61. The molecular formula is C33H58N2O. The topological polar surface area (TPSA) is 32.3 Å². The zero-order valence-electron chi connectivity index (χ0n) is 25.2. The molecule has 0 heterocycles. The Morgan fingerprint density at radius 2 is 1.67 bits per heavy atom. The molecule has 1 N–H and O–H groups in total. The largest absolute Gasteiger partial charge is 0.335 e. The van der Waals surface area contributed by atoms with E-state index < -0.39 is 0 Å². The maximum atomic E-state index is 13.7. The summed E-state index contributed by atoms with van der Waals surface area (Å²) in [6.45, 7) is 22.0. The predicted molar refractivity (Wildman–Crippen MR) is 159 cm³/mol. The summed E-state index contributed by atoms with van der Waals surface area (Å²) in [6, 6.07) is 9.17. The van der Waals surface area contributed by atoms with Crippen LogP contribution >= 0.6 is 0 Å². The van der Waals surface area contributed by atoms with Gasteiger partial charge in [0.25, 0.3) is 0 Å². The second kappa shape index (κ2) is 20.3. The number of hydrogen-bond donors (Lipinski definition) is 1. The molecule has 206 valence electrons. The fourth-order valence-electron chi connectivity index (χ4n) is 4.74. The van der Waals surface area contributed by atoms with E-state index in [4.69, 9.17) is 0 Å². The smallest absolute Gasteiger partial charge is 0.226 e. The minimum Gasteiger partial charge on any atom is -0.335 e. The predicted octanol–water partition coefficient (Wildman–Crippen LogP) is 8.44. The van der Waals surface area contributed by atoms with Crippen LogP contribution in [0.3, 0.4) is 0 Å². The van der Waals surface area contributed by atoms with Crippen molar-refractivity contribution in [2.75, 3.05) is 13.1 Å². The van der Waals surface area contributed by atoms with Crippen LogP contribution in [-0.2, 0) is 11.3 Å². The van der Waals surface area contributed by atoms with Gasteiger partial charge in [0, 0.05) is 18.5 Å². The lowest BCUT2D eigenvalue weighted by Crippen LogP contribution is -2.44. The second-order valence-electron chi connectivity index (χ2n) is 10.9. The van der Waals surface area contributed by atoms with Crippen molar-refractivity contribution in [1.82, 2.24) is 10.2 Å². The molecule has 2 rings (SSSR count). The van der Waals surface area contributed by atoms with Crippen LogP contribution in [-0.4, -0.2) is 29.9 Å². The van der Waals surface area contributed by atoms with E-state index in [0.29, 0.717) is 17.9 Å². The third kappa shape index (κ3) is 13.5. The Balaban J connectivity index is 0.00000227. The zero-order valence-corrected chi connectivity index (χ0v) is 25.2. The van der Waals surface area contributed by atoms with E-state index in [2.05, 4.69) is 88.4 Å². The average molecular weight is 499 g/mol. The van der Waals surface area contributed by atoms with E-state index in [9.17, 15) is 4.79 Å². The van der Waals surface area contributed by atoms with E-state index in [1.54, 1.807) is 6.92 Å². The van der Waals surface area contributed by atoms with Crippen molar-refractivity contribution < 1.29 is 4.79 Å². The number of hydrogen-bond acceptors (Lipinski definition) is 2. The number of carbonyl (C=O) groups is 1. The molecule has 0 spiro atoms. The molecule has 1 aliphatic carbocycles. The molecule has 0 radical (unpaired) electrons. The first-order valence-corrected chi connectivity index (χ1v) is 14.7. The fraction of sp³-hybridized carbons (Fsp3) is 0.727. The van der Waals surface area contributed by atoms with E-state index in [0.717, 1.165) is 57.2 Å². The van der Waals surface area contributed by atoms with Gasteiger partial charge < -0.3 is 10.2 Å². The summed E-state index contributed by atoms with van der Waals surface area (Å²) < 4.78 is 0. The van der Waals surface area contributed by atoms with Gasteiger partial charge in [-0.25, -0.2) is 0 Å². The van der Waals surface area contributed by atoms with Gasteiger partial charge in [-0.05, 0) is 93.8 Å². The molecule has 3 heteroatoms. The molecule has 1 aromatic carbocycles. The Hall–Kier alpha value is -1.79. The molecule has 1 atom stereocenters. The molecule has 0 aromatic heterocycles. The first kappa shape index (κ1) is 34.2. The van der Waals surface area contributed by atoms with Gasteiger partial charge in [0.1, 0.15) is 0 Å². The van der Waals surface area contributed by atoms with E-state index in [-0.39, 0.29) is 5.92 Å². The summed E-state index contributed by atoms with van der Waals surface area (Å²) in [5.41, 5.74) is 2.63. The second-order valence-corrected chi connectivity index (χ2v) is 10.9. The third-order valence-electron chi connectivity index (χ3n) is 7.08. The molecule has 0 aliphatic heterocycles. The summed E-state index contributed by atoms with van der Waals surface area (Å²) in [6.07, 6.45) is 12.4. The van der Waals surface area contributed by atoms with Gasteiger partial charge in [0.05, 0.1) is 0 Å². The minimum atomic E-state index is 0.215. The molecule has 0 bridgehead atoms. The van der Waals surface area contributed by atoms with E-state index in [1.165, 1.54) is 30.4 Å². The van der Waals surface area contributed by atoms with Crippen LogP contribution in [0.5, 0.6) is 0 Å². The Labute approximate surface area is 225 Å². The van der Waals surface area contributed by atoms with Gasteiger partial charge in [0.2, 0.25) is 5.91 Å². The van der Waals surface area contributed by atoms with Crippen LogP contribution in [0.2, 0.25) is 0 Å². The Bertz CT molecular complexity index is 725. The van der Waals surface area contributed by atoms with Crippen molar-refractivity contribution in [3.05, 3.63) is 35.4 Å². The average Bonchev–Trinajstić information content (AvgIpc) is 2.87. The highest BCUT2D eigenvalue weighted by molar-refractivity contribution is 5.79. The molecule has 3 nitrogen and oxygen atoms in total. The summed E-state index contributed by atoms with van der Waals surface area (Å²) in [5.74, 6) is 4.88. The number of carbonyl (C=O) groups excluding carboxylic acids is 1. The van der Waals surface area contributed by atoms with Crippen LogP contribution in [0, 0.1) is 30.1 Å². The molecule has 1 aromatic rings. The summed E-state index contributed by atoms with van der Waals surface area (Å²) in [7, 11) is 0. The lowest BCUT2D eigenvalue weighted by molar-refractivity contribution is -0.140. The van der Waals surface area contributed by atoms with Crippen molar-refractivity contribution in [2.45, 2.75) is 126 Å². The van der Waals surface area contributed by atoms with Crippen LogP contribution in [0.15, 0.2) is 24.3 Å². The zero-order chi connectivity index (χ0) is 27.5. The van der Waals surface area contributed by atoms with Gasteiger partial charge in [0.15, 0.2) is 0 Å². The quantitative estimate of drug-likeness (QED) is 0.232. The Morgan fingerprint density at radius 1 is 1.08 bits per heavy atom. The van der Waals surface area contributed by atoms with Crippen LogP contribution < -0.4 is 5.32 Å². The normalized spacial score (nSPS) is 17.8. The monoisotopic (exact) mass is 498 g/mol. The molecule has 1 fully saturated rings. The number of amides is 1. The molecule has 1 amide bonds. The van der Waals surface area contributed by atoms with Gasteiger partial charge in [-0.3, -0.25) is 4.79 Å². The number of terminal acetylenes is 1. The highest BCUT2D eigenvalue weighted by Gasteiger charge is 2.31.